The van der Waals surface area contributed by atoms with Crippen LogP contribution in [-0.2, 0) is 0 Å². The second kappa shape index (κ2) is 3.25. The van der Waals surface area contributed by atoms with Gasteiger partial charge in [-0.05, 0) is 40.2 Å². The third-order valence-corrected chi connectivity index (χ3v) is 3.80. The first-order valence-electron chi connectivity index (χ1n) is 5.59. The molecule has 0 N–H and O–H groups in total. The van der Waals surface area contributed by atoms with Crippen LogP contribution in [-0.4, -0.2) is 48.1 Å². The van der Waals surface area contributed by atoms with Crippen LogP contribution in [0.1, 0.15) is 33.1 Å². The van der Waals surface area contributed by atoms with Crippen molar-refractivity contribution in [1.29, 1.82) is 0 Å². The maximum atomic E-state index is 2.73. The van der Waals surface area contributed by atoms with Crippen molar-refractivity contribution in [2.24, 2.45) is 0 Å². The molecule has 2 heteroatoms. The molecule has 0 aromatic heterocycles. The first-order chi connectivity index (χ1) is 6.14. The van der Waals surface area contributed by atoms with Crippen molar-refractivity contribution in [2.45, 2.75) is 44.7 Å². The van der Waals surface area contributed by atoms with Gasteiger partial charge >= 0.3 is 0 Å². The summed E-state index contributed by atoms with van der Waals surface area (Å²) in [6.07, 6.45) is 4.29. The average molecular weight is 182 g/mol. The Morgan fingerprint density at radius 2 is 1.85 bits per heavy atom. The molecular weight excluding hydrogens is 160 g/mol. The molecule has 1 saturated heterocycles. The molecule has 0 atom stereocenters. The van der Waals surface area contributed by atoms with Crippen molar-refractivity contribution < 1.29 is 0 Å². The number of likely N-dealkylation sites (N-methyl/N-ethyl adjacent to an activating group) is 1. The lowest BCUT2D eigenvalue weighted by molar-refractivity contribution is -0.0631. The largest absolute Gasteiger partial charge is 0.303 e. The molecule has 2 nitrogen and oxygen atoms in total. The quantitative estimate of drug-likeness (QED) is 0.607. The molecule has 1 saturated carbocycles. The number of rotatable bonds is 1. The topological polar surface area (TPSA) is 6.48 Å². The lowest BCUT2D eigenvalue weighted by atomic mass is 9.73. The zero-order chi connectivity index (χ0) is 9.47. The summed E-state index contributed by atoms with van der Waals surface area (Å²) in [7, 11) is 2.26. The number of piperazine rings is 1. The molecule has 2 aliphatic rings. The molecular formula is C11H22N2. The van der Waals surface area contributed by atoms with Crippen molar-refractivity contribution in [3.8, 4) is 0 Å². The molecule has 1 aliphatic carbocycles. The molecule has 13 heavy (non-hydrogen) atoms. The highest BCUT2D eigenvalue weighted by molar-refractivity contribution is 5.03. The normalized spacial score (nSPS) is 29.5. The molecule has 2 rings (SSSR count). The van der Waals surface area contributed by atoms with E-state index in [1.807, 2.05) is 0 Å². The van der Waals surface area contributed by atoms with Crippen LogP contribution in [0.5, 0.6) is 0 Å². The standard InChI is InChI=1S/C11H22N2/c1-10(2)13-8-7-12(3)9-11(13)5-4-6-11/h10H,4-9H2,1-3H3. The van der Waals surface area contributed by atoms with E-state index < -0.39 is 0 Å². The van der Waals surface area contributed by atoms with Gasteiger partial charge in [0.2, 0.25) is 0 Å². The zero-order valence-corrected chi connectivity index (χ0v) is 9.21. The molecule has 0 amide bonds. The highest BCUT2D eigenvalue weighted by Crippen LogP contribution is 2.40. The Bertz CT molecular complexity index is 185. The van der Waals surface area contributed by atoms with Crippen LogP contribution >= 0.6 is 0 Å². The van der Waals surface area contributed by atoms with E-state index in [0.29, 0.717) is 5.54 Å². The fourth-order valence-corrected chi connectivity index (χ4v) is 3.02. The van der Waals surface area contributed by atoms with Crippen molar-refractivity contribution in [1.82, 2.24) is 9.80 Å². The maximum absolute atomic E-state index is 2.73. The summed E-state index contributed by atoms with van der Waals surface area (Å²) in [5.41, 5.74) is 0.571. The molecule has 76 valence electrons. The zero-order valence-electron chi connectivity index (χ0n) is 9.21. The van der Waals surface area contributed by atoms with Crippen LogP contribution in [0.3, 0.4) is 0 Å². The summed E-state index contributed by atoms with van der Waals surface area (Å²) in [6.45, 7) is 8.50. The highest BCUT2D eigenvalue weighted by Gasteiger charge is 2.45. The molecule has 0 bridgehead atoms. The lowest BCUT2D eigenvalue weighted by Crippen LogP contribution is -2.66. The summed E-state index contributed by atoms with van der Waals surface area (Å²) < 4.78 is 0. The molecule has 1 spiro atoms. The first-order valence-corrected chi connectivity index (χ1v) is 5.59. The Morgan fingerprint density at radius 1 is 1.15 bits per heavy atom. The van der Waals surface area contributed by atoms with Gasteiger partial charge in [0.15, 0.2) is 0 Å². The minimum absolute atomic E-state index is 0.571. The summed E-state index contributed by atoms with van der Waals surface area (Å²) in [5.74, 6) is 0. The molecule has 1 aliphatic heterocycles. The Hall–Kier alpha value is -0.0800. The number of hydrogen-bond donors (Lipinski definition) is 0. The van der Waals surface area contributed by atoms with E-state index in [2.05, 4.69) is 30.7 Å². The van der Waals surface area contributed by atoms with Gasteiger partial charge in [0, 0.05) is 31.2 Å². The van der Waals surface area contributed by atoms with Crippen LogP contribution in [0.15, 0.2) is 0 Å². The Balaban J connectivity index is 2.08. The molecule has 2 fully saturated rings. The van der Waals surface area contributed by atoms with E-state index >= 15 is 0 Å². The molecule has 0 unspecified atom stereocenters. The SMILES string of the molecule is CC(C)N1CCN(C)CC12CCC2. The third-order valence-electron chi connectivity index (χ3n) is 3.80. The van der Waals surface area contributed by atoms with Crippen LogP contribution in [0.4, 0.5) is 0 Å². The minimum Gasteiger partial charge on any atom is -0.303 e. The first kappa shape index (κ1) is 9.47. The van der Waals surface area contributed by atoms with E-state index in [1.54, 1.807) is 0 Å². The Morgan fingerprint density at radius 3 is 2.31 bits per heavy atom. The fraction of sp³-hybridized carbons (Fsp3) is 1.00. The van der Waals surface area contributed by atoms with Crippen molar-refractivity contribution in [3.05, 3.63) is 0 Å². The number of hydrogen-bond acceptors (Lipinski definition) is 2. The summed E-state index contributed by atoms with van der Waals surface area (Å²) in [6, 6.07) is 0.731. The monoisotopic (exact) mass is 182 g/mol. The van der Waals surface area contributed by atoms with E-state index in [1.165, 1.54) is 38.9 Å². The predicted molar refractivity (Wildman–Crippen MR) is 55.9 cm³/mol. The smallest absolute Gasteiger partial charge is 0.0339 e. The maximum Gasteiger partial charge on any atom is 0.0339 e. The van der Waals surface area contributed by atoms with Gasteiger partial charge in [-0.25, -0.2) is 0 Å². The highest BCUT2D eigenvalue weighted by atomic mass is 15.3. The molecule has 0 aromatic rings. The van der Waals surface area contributed by atoms with Gasteiger partial charge in [0.05, 0.1) is 0 Å². The van der Waals surface area contributed by atoms with Gasteiger partial charge in [-0.3, -0.25) is 4.90 Å². The van der Waals surface area contributed by atoms with Gasteiger partial charge in [-0.15, -0.1) is 0 Å². The second-order valence-corrected chi connectivity index (χ2v) is 5.10. The van der Waals surface area contributed by atoms with Gasteiger partial charge in [0.1, 0.15) is 0 Å². The van der Waals surface area contributed by atoms with Crippen molar-refractivity contribution in [3.63, 3.8) is 0 Å². The summed E-state index contributed by atoms with van der Waals surface area (Å²) in [5, 5.41) is 0. The fourth-order valence-electron chi connectivity index (χ4n) is 3.02. The van der Waals surface area contributed by atoms with Crippen LogP contribution < -0.4 is 0 Å². The summed E-state index contributed by atoms with van der Waals surface area (Å²) in [4.78, 5) is 5.23. The number of nitrogens with zero attached hydrogens (tertiary/aromatic N) is 2. The average Bonchev–Trinajstić information content (AvgIpc) is 2.00. The predicted octanol–water partition coefficient (Wildman–Crippen LogP) is 1.56. The van der Waals surface area contributed by atoms with E-state index in [0.717, 1.165) is 6.04 Å². The van der Waals surface area contributed by atoms with Crippen molar-refractivity contribution in [2.75, 3.05) is 26.7 Å². The van der Waals surface area contributed by atoms with Gasteiger partial charge in [-0.1, -0.05) is 0 Å². The van der Waals surface area contributed by atoms with E-state index in [4.69, 9.17) is 0 Å². The van der Waals surface area contributed by atoms with Gasteiger partial charge in [-0.2, -0.15) is 0 Å². The third kappa shape index (κ3) is 1.50. The van der Waals surface area contributed by atoms with Crippen molar-refractivity contribution >= 4 is 0 Å². The van der Waals surface area contributed by atoms with E-state index in [-0.39, 0.29) is 0 Å². The summed E-state index contributed by atoms with van der Waals surface area (Å²) >= 11 is 0. The Kier molecular flexibility index (Phi) is 2.37. The minimum atomic E-state index is 0.571. The van der Waals surface area contributed by atoms with E-state index in [9.17, 15) is 0 Å². The molecule has 1 heterocycles. The lowest BCUT2D eigenvalue weighted by Gasteiger charge is -2.57. The Labute approximate surface area is 81.9 Å². The second-order valence-electron chi connectivity index (χ2n) is 5.10. The molecule has 0 radical (unpaired) electrons. The molecule has 0 aromatic carbocycles. The van der Waals surface area contributed by atoms with Gasteiger partial charge < -0.3 is 4.90 Å². The van der Waals surface area contributed by atoms with Crippen LogP contribution in [0.2, 0.25) is 0 Å². The van der Waals surface area contributed by atoms with Crippen LogP contribution in [0, 0.1) is 0 Å². The van der Waals surface area contributed by atoms with Crippen LogP contribution in [0.25, 0.3) is 0 Å². The van der Waals surface area contributed by atoms with Gasteiger partial charge in [0.25, 0.3) is 0 Å².